The van der Waals surface area contributed by atoms with Crippen LogP contribution in [0.5, 0.6) is 5.75 Å². The van der Waals surface area contributed by atoms with Gasteiger partial charge in [-0.3, -0.25) is 4.79 Å². The summed E-state index contributed by atoms with van der Waals surface area (Å²) in [6, 6.07) is 13.8. The van der Waals surface area contributed by atoms with Crippen molar-refractivity contribution in [1.82, 2.24) is 9.97 Å². The number of H-pyrrole nitrogens is 2. The summed E-state index contributed by atoms with van der Waals surface area (Å²) < 4.78 is 23.8. The molecule has 0 radical (unpaired) electrons. The molecular weight excluding hydrogens is 353 g/mol. The van der Waals surface area contributed by atoms with Crippen LogP contribution in [0.3, 0.4) is 0 Å². The molecule has 0 fully saturated rings. The fourth-order valence-electron chi connectivity index (χ4n) is 2.57. The van der Waals surface area contributed by atoms with Crippen LogP contribution >= 0.6 is 0 Å². The van der Waals surface area contributed by atoms with E-state index >= 15 is 0 Å². The minimum Gasteiger partial charge on any atom is -0.486 e. The van der Waals surface area contributed by atoms with Crippen molar-refractivity contribution in [3.8, 4) is 5.75 Å². The number of imidazole rings is 1. The Morgan fingerprint density at radius 2 is 1.81 bits per heavy atom. The Hall–Kier alpha value is -3.81. The van der Waals surface area contributed by atoms with Gasteiger partial charge in [-0.05, 0) is 54.6 Å². The highest BCUT2D eigenvalue weighted by molar-refractivity contribution is 6.03. The van der Waals surface area contributed by atoms with Crippen molar-refractivity contribution in [1.29, 1.82) is 0 Å². The third-order valence-electron chi connectivity index (χ3n) is 3.85. The highest BCUT2D eigenvalue weighted by Gasteiger charge is 2.12. The molecule has 3 N–H and O–H groups in total. The predicted molar refractivity (Wildman–Crippen MR) is 96.3 cm³/mol. The Kier molecular flexibility index (Phi) is 4.21. The fourth-order valence-corrected chi connectivity index (χ4v) is 2.57. The second-order valence-corrected chi connectivity index (χ2v) is 5.80. The van der Waals surface area contributed by atoms with E-state index in [0.717, 1.165) is 0 Å². The highest BCUT2D eigenvalue weighted by atomic mass is 19.1. The largest absolute Gasteiger partial charge is 0.486 e. The number of carbonyl (C=O) groups excluding carboxylic acids is 1. The highest BCUT2D eigenvalue weighted by Crippen LogP contribution is 2.18. The van der Waals surface area contributed by atoms with Gasteiger partial charge in [0.2, 0.25) is 0 Å². The van der Waals surface area contributed by atoms with Crippen LogP contribution in [0.15, 0.2) is 63.8 Å². The molecule has 2 heterocycles. The molecule has 0 aliphatic rings. The van der Waals surface area contributed by atoms with Crippen molar-refractivity contribution in [2.24, 2.45) is 0 Å². The zero-order valence-electron chi connectivity index (χ0n) is 13.9. The van der Waals surface area contributed by atoms with E-state index in [1.807, 2.05) is 0 Å². The number of amides is 1. The number of ether oxygens (including phenoxy) is 1. The molecule has 4 aromatic rings. The molecule has 2 aromatic carbocycles. The molecule has 8 heteroatoms. The summed E-state index contributed by atoms with van der Waals surface area (Å²) in [5, 5.41) is 2.70. The van der Waals surface area contributed by atoms with Crippen LogP contribution < -0.4 is 15.7 Å². The van der Waals surface area contributed by atoms with E-state index < -0.39 is 5.91 Å². The number of furan rings is 1. The molecule has 0 aliphatic heterocycles. The molecule has 27 heavy (non-hydrogen) atoms. The van der Waals surface area contributed by atoms with Crippen molar-refractivity contribution in [2.75, 3.05) is 5.32 Å². The number of fused-ring (bicyclic) bond motifs is 1. The van der Waals surface area contributed by atoms with Gasteiger partial charge in [-0.15, -0.1) is 0 Å². The molecule has 0 saturated carbocycles. The number of benzene rings is 2. The van der Waals surface area contributed by atoms with E-state index in [0.29, 0.717) is 28.2 Å². The fraction of sp³-hybridized carbons (Fsp3) is 0.0526. The van der Waals surface area contributed by atoms with Gasteiger partial charge in [0, 0.05) is 5.69 Å². The first-order valence-electron chi connectivity index (χ1n) is 8.07. The molecule has 0 unspecified atom stereocenters. The number of rotatable bonds is 5. The maximum Gasteiger partial charge on any atom is 0.323 e. The Labute approximate surface area is 151 Å². The molecule has 0 saturated heterocycles. The summed E-state index contributed by atoms with van der Waals surface area (Å²) in [4.78, 5) is 28.9. The van der Waals surface area contributed by atoms with Crippen molar-refractivity contribution in [3.63, 3.8) is 0 Å². The lowest BCUT2D eigenvalue weighted by molar-refractivity contribution is 0.0992. The molecule has 136 valence electrons. The van der Waals surface area contributed by atoms with E-state index in [-0.39, 0.29) is 23.9 Å². The number of aromatic amines is 2. The zero-order chi connectivity index (χ0) is 18.8. The lowest BCUT2D eigenvalue weighted by atomic mass is 10.2. The van der Waals surface area contributed by atoms with Crippen molar-refractivity contribution >= 4 is 22.6 Å². The molecule has 0 aliphatic carbocycles. The van der Waals surface area contributed by atoms with Crippen LogP contribution in [-0.4, -0.2) is 15.9 Å². The Balaban J connectivity index is 1.41. The predicted octanol–water partition coefficient (Wildman–Crippen LogP) is 3.42. The molecule has 0 bridgehead atoms. The van der Waals surface area contributed by atoms with E-state index in [4.69, 9.17) is 9.15 Å². The Bertz CT molecular complexity index is 1160. The van der Waals surface area contributed by atoms with Gasteiger partial charge in [0.1, 0.15) is 23.9 Å². The molecular formula is C19H14FN3O4. The van der Waals surface area contributed by atoms with Crippen molar-refractivity contribution in [3.05, 3.63) is 82.4 Å². The topological polar surface area (TPSA) is 100 Å². The first-order chi connectivity index (χ1) is 13.1. The van der Waals surface area contributed by atoms with Crippen LogP contribution in [-0.2, 0) is 6.61 Å². The summed E-state index contributed by atoms with van der Waals surface area (Å²) in [5.41, 5.74) is 1.44. The van der Waals surface area contributed by atoms with Gasteiger partial charge in [0.25, 0.3) is 5.91 Å². The van der Waals surface area contributed by atoms with Gasteiger partial charge < -0.3 is 24.4 Å². The van der Waals surface area contributed by atoms with Crippen molar-refractivity contribution < 1.29 is 18.3 Å². The summed E-state index contributed by atoms with van der Waals surface area (Å²) in [6.07, 6.45) is 0. The maximum absolute atomic E-state index is 12.9. The van der Waals surface area contributed by atoms with Gasteiger partial charge in [-0.2, -0.15) is 0 Å². The van der Waals surface area contributed by atoms with E-state index in [1.165, 1.54) is 30.3 Å². The number of aromatic nitrogens is 2. The normalized spacial score (nSPS) is 10.9. The molecule has 1 amide bonds. The molecule has 0 spiro atoms. The first-order valence-corrected chi connectivity index (χ1v) is 8.07. The monoisotopic (exact) mass is 367 g/mol. The van der Waals surface area contributed by atoms with Crippen molar-refractivity contribution in [2.45, 2.75) is 6.61 Å². The number of anilines is 1. The van der Waals surface area contributed by atoms with Crippen LogP contribution in [0.1, 0.15) is 16.3 Å². The van der Waals surface area contributed by atoms with Crippen LogP contribution in [0.25, 0.3) is 11.0 Å². The second-order valence-electron chi connectivity index (χ2n) is 5.80. The number of halogens is 1. The van der Waals surface area contributed by atoms with Gasteiger partial charge in [0.05, 0.1) is 11.0 Å². The van der Waals surface area contributed by atoms with Crippen LogP contribution in [0.2, 0.25) is 0 Å². The molecule has 0 atom stereocenters. The molecule has 4 rings (SSSR count). The number of hydrogen-bond donors (Lipinski definition) is 3. The lowest BCUT2D eigenvalue weighted by Crippen LogP contribution is -2.10. The average Bonchev–Trinajstić information content (AvgIpc) is 3.26. The van der Waals surface area contributed by atoms with E-state index in [2.05, 4.69) is 15.3 Å². The number of nitrogens with one attached hydrogen (secondary N) is 3. The van der Waals surface area contributed by atoms with Gasteiger partial charge in [-0.1, -0.05) is 0 Å². The molecule has 2 aromatic heterocycles. The summed E-state index contributed by atoms with van der Waals surface area (Å²) in [5.74, 6) is 0.291. The SMILES string of the molecule is O=C(Nc1ccc2[nH]c(=O)[nH]c2c1)c1ccc(COc2ccc(F)cc2)o1. The van der Waals surface area contributed by atoms with Gasteiger partial charge in [-0.25, -0.2) is 9.18 Å². The van der Waals surface area contributed by atoms with Gasteiger partial charge in [0.15, 0.2) is 5.76 Å². The van der Waals surface area contributed by atoms with Gasteiger partial charge >= 0.3 is 5.69 Å². The maximum atomic E-state index is 12.9. The third kappa shape index (κ3) is 3.74. The smallest absolute Gasteiger partial charge is 0.323 e. The van der Waals surface area contributed by atoms with Crippen LogP contribution in [0.4, 0.5) is 10.1 Å². The number of hydrogen-bond acceptors (Lipinski definition) is 4. The second kappa shape index (κ2) is 6.83. The summed E-state index contributed by atoms with van der Waals surface area (Å²) >= 11 is 0. The summed E-state index contributed by atoms with van der Waals surface area (Å²) in [6.45, 7) is 0.107. The minimum atomic E-state index is -0.430. The van der Waals surface area contributed by atoms with E-state index in [9.17, 15) is 14.0 Å². The first kappa shape index (κ1) is 16.6. The average molecular weight is 367 g/mol. The van der Waals surface area contributed by atoms with E-state index in [1.54, 1.807) is 24.3 Å². The van der Waals surface area contributed by atoms with Crippen LogP contribution in [0, 0.1) is 5.82 Å². The lowest BCUT2D eigenvalue weighted by Gasteiger charge is -2.04. The minimum absolute atomic E-state index is 0.107. The molecule has 7 nitrogen and oxygen atoms in total. The zero-order valence-corrected chi connectivity index (χ0v) is 13.9. The Morgan fingerprint density at radius 3 is 2.63 bits per heavy atom. The quantitative estimate of drug-likeness (QED) is 0.503. The number of carbonyl (C=O) groups is 1. The standard InChI is InChI=1S/C19H14FN3O4/c20-11-1-4-13(5-2-11)26-10-14-6-8-17(27-14)18(24)21-12-3-7-15-16(9-12)23-19(25)22-15/h1-9H,10H2,(H,21,24)(H2,22,23,25). The summed E-state index contributed by atoms with van der Waals surface area (Å²) in [7, 11) is 0. The third-order valence-corrected chi connectivity index (χ3v) is 3.85. The Morgan fingerprint density at radius 1 is 1.04 bits per heavy atom.